The number of carbonyl (C=O) groups excluding carboxylic acids is 1. The highest BCUT2D eigenvalue weighted by Gasteiger charge is 2.15. The average Bonchev–Trinajstić information content (AvgIpc) is 2.77. The zero-order valence-electron chi connectivity index (χ0n) is 13.2. The van der Waals surface area contributed by atoms with Crippen molar-refractivity contribution in [2.24, 2.45) is 0 Å². The quantitative estimate of drug-likeness (QED) is 0.871. The van der Waals surface area contributed by atoms with Gasteiger partial charge in [-0.25, -0.2) is 0 Å². The van der Waals surface area contributed by atoms with Crippen LogP contribution >= 0.6 is 0 Å². The number of benzene rings is 1. The van der Waals surface area contributed by atoms with Crippen molar-refractivity contribution < 1.29 is 4.79 Å². The number of nitrogens with zero attached hydrogens (tertiary/aromatic N) is 1. The van der Waals surface area contributed by atoms with Crippen molar-refractivity contribution in [1.82, 2.24) is 15.5 Å². The molecule has 1 aliphatic rings. The first-order valence-corrected chi connectivity index (χ1v) is 7.99. The monoisotopic (exact) mass is 289 g/mol. The third-order valence-corrected chi connectivity index (χ3v) is 4.31. The normalized spacial score (nSPS) is 20.0. The van der Waals surface area contributed by atoms with E-state index >= 15 is 0 Å². The summed E-state index contributed by atoms with van der Waals surface area (Å²) >= 11 is 0. The highest BCUT2D eigenvalue weighted by Crippen LogP contribution is 2.12. The van der Waals surface area contributed by atoms with Crippen LogP contribution in [-0.2, 0) is 6.54 Å². The molecule has 0 aliphatic carbocycles. The predicted octanol–water partition coefficient (Wildman–Crippen LogP) is 2.01. The number of likely N-dealkylation sites (tertiary alicyclic amines) is 1. The van der Waals surface area contributed by atoms with Gasteiger partial charge in [-0.05, 0) is 56.6 Å². The van der Waals surface area contributed by atoms with Crippen molar-refractivity contribution in [3.63, 3.8) is 0 Å². The van der Waals surface area contributed by atoms with E-state index in [1.54, 1.807) is 7.05 Å². The van der Waals surface area contributed by atoms with Crippen molar-refractivity contribution in [2.45, 2.75) is 38.8 Å². The SMILES string of the molecule is CCN1CCCC(NCc2ccc(C(=O)NC)cc2)CC1. The van der Waals surface area contributed by atoms with Crippen LogP contribution in [0.15, 0.2) is 24.3 Å². The van der Waals surface area contributed by atoms with Crippen LogP contribution in [-0.4, -0.2) is 43.5 Å². The Morgan fingerprint density at radius 3 is 2.67 bits per heavy atom. The molecule has 4 nitrogen and oxygen atoms in total. The Kier molecular flexibility index (Phi) is 6.21. The molecule has 116 valence electrons. The third kappa shape index (κ3) is 4.83. The van der Waals surface area contributed by atoms with E-state index in [-0.39, 0.29) is 5.91 Å². The van der Waals surface area contributed by atoms with Crippen molar-refractivity contribution in [3.8, 4) is 0 Å². The Bertz CT molecular complexity index is 444. The highest BCUT2D eigenvalue weighted by atomic mass is 16.1. The molecule has 0 radical (unpaired) electrons. The second kappa shape index (κ2) is 8.15. The Labute approximate surface area is 127 Å². The van der Waals surface area contributed by atoms with Gasteiger partial charge in [0.25, 0.3) is 5.91 Å². The van der Waals surface area contributed by atoms with E-state index in [0.717, 1.165) is 13.1 Å². The summed E-state index contributed by atoms with van der Waals surface area (Å²) < 4.78 is 0. The second-order valence-electron chi connectivity index (χ2n) is 5.72. The zero-order chi connectivity index (χ0) is 15.1. The Morgan fingerprint density at radius 1 is 1.24 bits per heavy atom. The molecule has 1 aromatic rings. The molecular weight excluding hydrogens is 262 g/mol. The molecule has 2 rings (SSSR count). The molecule has 2 N–H and O–H groups in total. The molecule has 0 aromatic heterocycles. The van der Waals surface area contributed by atoms with Gasteiger partial charge in [0.1, 0.15) is 0 Å². The molecule has 1 amide bonds. The molecule has 1 aliphatic heterocycles. The molecule has 21 heavy (non-hydrogen) atoms. The molecule has 0 spiro atoms. The summed E-state index contributed by atoms with van der Waals surface area (Å²) in [5, 5.41) is 6.30. The minimum atomic E-state index is -0.0297. The standard InChI is InChI=1S/C17H27N3O/c1-3-20-11-4-5-16(10-12-20)19-13-14-6-8-15(9-7-14)17(21)18-2/h6-9,16,19H,3-5,10-13H2,1-2H3,(H,18,21). The summed E-state index contributed by atoms with van der Waals surface area (Å²) in [5.41, 5.74) is 1.95. The van der Waals surface area contributed by atoms with Gasteiger partial charge in [0.2, 0.25) is 0 Å². The van der Waals surface area contributed by atoms with E-state index in [2.05, 4.69) is 22.5 Å². The first-order valence-electron chi connectivity index (χ1n) is 7.99. The number of hydrogen-bond acceptors (Lipinski definition) is 3. The van der Waals surface area contributed by atoms with Crippen LogP contribution in [0.1, 0.15) is 42.1 Å². The van der Waals surface area contributed by atoms with Crippen LogP contribution in [0, 0.1) is 0 Å². The van der Waals surface area contributed by atoms with Gasteiger partial charge in [0.05, 0.1) is 0 Å². The van der Waals surface area contributed by atoms with Gasteiger partial charge >= 0.3 is 0 Å². The molecule has 4 heteroatoms. The largest absolute Gasteiger partial charge is 0.355 e. The Balaban J connectivity index is 1.81. The van der Waals surface area contributed by atoms with Gasteiger partial charge in [-0.15, -0.1) is 0 Å². The number of amides is 1. The average molecular weight is 289 g/mol. The fourth-order valence-corrected chi connectivity index (χ4v) is 2.86. The maximum Gasteiger partial charge on any atom is 0.251 e. The van der Waals surface area contributed by atoms with Crippen LogP contribution in [0.25, 0.3) is 0 Å². The first-order chi connectivity index (χ1) is 10.2. The Morgan fingerprint density at radius 2 is 2.00 bits per heavy atom. The lowest BCUT2D eigenvalue weighted by Gasteiger charge is -2.18. The Hall–Kier alpha value is -1.39. The van der Waals surface area contributed by atoms with Gasteiger partial charge in [0, 0.05) is 25.2 Å². The lowest BCUT2D eigenvalue weighted by molar-refractivity contribution is 0.0963. The van der Waals surface area contributed by atoms with Crippen molar-refractivity contribution in [2.75, 3.05) is 26.7 Å². The first kappa shape index (κ1) is 16.0. The van der Waals surface area contributed by atoms with Crippen LogP contribution < -0.4 is 10.6 Å². The van der Waals surface area contributed by atoms with Crippen LogP contribution in [0.4, 0.5) is 0 Å². The summed E-state index contributed by atoms with van der Waals surface area (Å²) in [6.45, 7) is 6.71. The number of hydrogen-bond donors (Lipinski definition) is 2. The zero-order valence-corrected chi connectivity index (χ0v) is 13.2. The van der Waals surface area contributed by atoms with E-state index in [9.17, 15) is 4.79 Å². The molecule has 1 aromatic carbocycles. The highest BCUT2D eigenvalue weighted by molar-refractivity contribution is 5.93. The maximum absolute atomic E-state index is 11.5. The van der Waals surface area contributed by atoms with E-state index < -0.39 is 0 Å². The molecule has 0 saturated carbocycles. The van der Waals surface area contributed by atoms with Crippen LogP contribution in [0.3, 0.4) is 0 Å². The van der Waals surface area contributed by atoms with Crippen molar-refractivity contribution in [3.05, 3.63) is 35.4 Å². The molecule has 1 atom stereocenters. The molecule has 1 heterocycles. The topological polar surface area (TPSA) is 44.4 Å². The van der Waals surface area contributed by atoms with Gasteiger partial charge < -0.3 is 15.5 Å². The summed E-state index contributed by atoms with van der Waals surface area (Å²) in [5.74, 6) is -0.0297. The van der Waals surface area contributed by atoms with Crippen molar-refractivity contribution in [1.29, 1.82) is 0 Å². The van der Waals surface area contributed by atoms with E-state index in [1.165, 1.54) is 37.9 Å². The number of carbonyl (C=O) groups is 1. The lowest BCUT2D eigenvalue weighted by atomic mass is 10.1. The number of nitrogens with one attached hydrogen (secondary N) is 2. The minimum Gasteiger partial charge on any atom is -0.355 e. The van der Waals surface area contributed by atoms with Crippen LogP contribution in [0.2, 0.25) is 0 Å². The molecule has 1 saturated heterocycles. The summed E-state index contributed by atoms with van der Waals surface area (Å²) in [7, 11) is 1.66. The smallest absolute Gasteiger partial charge is 0.251 e. The van der Waals surface area contributed by atoms with E-state index in [4.69, 9.17) is 0 Å². The van der Waals surface area contributed by atoms with Crippen LogP contribution in [0.5, 0.6) is 0 Å². The molecule has 0 bridgehead atoms. The van der Waals surface area contributed by atoms with Gasteiger partial charge in [-0.2, -0.15) is 0 Å². The number of rotatable bonds is 5. The molecular formula is C17H27N3O. The fourth-order valence-electron chi connectivity index (χ4n) is 2.86. The lowest BCUT2D eigenvalue weighted by Crippen LogP contribution is -2.30. The van der Waals surface area contributed by atoms with Gasteiger partial charge in [0.15, 0.2) is 0 Å². The van der Waals surface area contributed by atoms with E-state index in [1.807, 2.05) is 24.3 Å². The molecule has 1 unspecified atom stereocenters. The fraction of sp³-hybridized carbons (Fsp3) is 0.588. The maximum atomic E-state index is 11.5. The summed E-state index contributed by atoms with van der Waals surface area (Å²) in [6, 6.07) is 8.46. The summed E-state index contributed by atoms with van der Waals surface area (Å²) in [6.07, 6.45) is 3.76. The minimum absolute atomic E-state index is 0.0297. The van der Waals surface area contributed by atoms with E-state index in [0.29, 0.717) is 11.6 Å². The molecule has 1 fully saturated rings. The summed E-state index contributed by atoms with van der Waals surface area (Å²) in [4.78, 5) is 14.0. The van der Waals surface area contributed by atoms with Gasteiger partial charge in [-0.3, -0.25) is 4.79 Å². The third-order valence-electron chi connectivity index (χ3n) is 4.31. The van der Waals surface area contributed by atoms with Gasteiger partial charge in [-0.1, -0.05) is 19.1 Å². The predicted molar refractivity (Wildman–Crippen MR) is 86.4 cm³/mol. The second-order valence-corrected chi connectivity index (χ2v) is 5.72. The van der Waals surface area contributed by atoms with Crippen molar-refractivity contribution >= 4 is 5.91 Å².